The fraction of sp³-hybridized carbons (Fsp3) is 0.222. The maximum absolute atomic E-state index is 11.2. The summed E-state index contributed by atoms with van der Waals surface area (Å²) >= 11 is 3.42. The fourth-order valence-corrected chi connectivity index (χ4v) is 1.95. The molecule has 1 aliphatic heterocycles. The van der Waals surface area contributed by atoms with Gasteiger partial charge in [0.25, 0.3) is 0 Å². The number of fused-ring (bicyclic) bond motifs is 1. The maximum atomic E-state index is 11.2. The Kier molecular flexibility index (Phi) is 3.53. The molecule has 0 fully saturated rings. The van der Waals surface area contributed by atoms with Crippen LogP contribution < -0.4 is 11.1 Å². The predicted octanol–water partition coefficient (Wildman–Crippen LogP) is 1.69. The number of carbonyl (C=O) groups excluding carboxylic acids is 1. The molecule has 1 amide bonds. The van der Waals surface area contributed by atoms with Gasteiger partial charge >= 0.3 is 0 Å². The van der Waals surface area contributed by atoms with E-state index in [1.807, 2.05) is 18.2 Å². The lowest BCUT2D eigenvalue weighted by Gasteiger charge is -2.22. The van der Waals surface area contributed by atoms with E-state index in [-0.39, 0.29) is 18.3 Å². The minimum absolute atomic E-state index is 0. The Bertz CT molecular complexity index is 370. The highest BCUT2D eigenvalue weighted by Crippen LogP contribution is 2.28. The van der Waals surface area contributed by atoms with E-state index in [0.717, 1.165) is 15.7 Å². The summed E-state index contributed by atoms with van der Waals surface area (Å²) in [4.78, 5) is 11.2. The Balaban J connectivity index is 0.000000980. The number of benzene rings is 1. The number of hydrogen-bond acceptors (Lipinski definition) is 2. The summed E-state index contributed by atoms with van der Waals surface area (Å²) in [5.41, 5.74) is 7.57. The van der Waals surface area contributed by atoms with E-state index in [1.54, 1.807) is 0 Å². The van der Waals surface area contributed by atoms with Crippen LogP contribution >= 0.6 is 28.3 Å². The highest BCUT2D eigenvalue weighted by Gasteiger charge is 2.23. The standard InChI is InChI=1S/C9H9BrN2O.ClH/c10-6-2-1-3-8-5(6)4-7(11)9(13)12-8;/h1-3,7H,4,11H2,(H,12,13);1H. The number of anilines is 1. The van der Waals surface area contributed by atoms with Gasteiger partial charge in [-0.25, -0.2) is 0 Å². The molecule has 1 aliphatic rings. The van der Waals surface area contributed by atoms with Crippen molar-refractivity contribution in [2.45, 2.75) is 12.5 Å². The van der Waals surface area contributed by atoms with E-state index in [0.29, 0.717) is 6.42 Å². The Morgan fingerprint density at radius 3 is 2.93 bits per heavy atom. The molecule has 1 heterocycles. The average Bonchev–Trinajstić information content (AvgIpc) is 2.09. The molecule has 1 aromatic rings. The van der Waals surface area contributed by atoms with Crippen LogP contribution in [0.15, 0.2) is 22.7 Å². The quantitative estimate of drug-likeness (QED) is 0.758. The zero-order valence-corrected chi connectivity index (χ0v) is 9.69. The van der Waals surface area contributed by atoms with E-state index < -0.39 is 6.04 Å². The van der Waals surface area contributed by atoms with Crippen molar-refractivity contribution in [3.05, 3.63) is 28.2 Å². The molecule has 0 saturated heterocycles. The lowest BCUT2D eigenvalue weighted by atomic mass is 10.00. The van der Waals surface area contributed by atoms with Gasteiger partial charge in [-0.15, -0.1) is 12.4 Å². The van der Waals surface area contributed by atoms with Gasteiger partial charge in [-0.05, 0) is 24.1 Å². The lowest BCUT2D eigenvalue weighted by Crippen LogP contribution is -2.41. The largest absolute Gasteiger partial charge is 0.324 e. The first-order chi connectivity index (χ1) is 6.18. The molecule has 1 unspecified atom stereocenters. The minimum Gasteiger partial charge on any atom is -0.324 e. The van der Waals surface area contributed by atoms with Crippen molar-refractivity contribution in [3.63, 3.8) is 0 Å². The third-order valence-electron chi connectivity index (χ3n) is 2.14. The molecule has 3 N–H and O–H groups in total. The third-order valence-corrected chi connectivity index (χ3v) is 2.88. The second kappa shape index (κ2) is 4.29. The van der Waals surface area contributed by atoms with Crippen molar-refractivity contribution in [1.82, 2.24) is 0 Å². The SMILES string of the molecule is Cl.NC1Cc2c(Br)cccc2NC1=O. The van der Waals surface area contributed by atoms with E-state index in [9.17, 15) is 4.79 Å². The highest BCUT2D eigenvalue weighted by molar-refractivity contribution is 9.10. The first-order valence-electron chi connectivity index (χ1n) is 4.02. The molecule has 0 bridgehead atoms. The molecule has 0 aromatic heterocycles. The van der Waals surface area contributed by atoms with Crippen LogP contribution in [0.5, 0.6) is 0 Å². The summed E-state index contributed by atoms with van der Waals surface area (Å²) in [6.45, 7) is 0. The fourth-order valence-electron chi connectivity index (χ4n) is 1.42. The number of halogens is 2. The molecular formula is C9H10BrClN2O. The van der Waals surface area contributed by atoms with Crippen LogP contribution in [0.4, 0.5) is 5.69 Å². The molecular weight excluding hydrogens is 267 g/mol. The van der Waals surface area contributed by atoms with Crippen LogP contribution in [0.3, 0.4) is 0 Å². The topological polar surface area (TPSA) is 55.1 Å². The van der Waals surface area contributed by atoms with Crippen LogP contribution in [0.25, 0.3) is 0 Å². The Morgan fingerprint density at radius 2 is 2.21 bits per heavy atom. The summed E-state index contributed by atoms with van der Waals surface area (Å²) in [7, 11) is 0. The van der Waals surface area contributed by atoms with E-state index in [4.69, 9.17) is 5.73 Å². The zero-order valence-electron chi connectivity index (χ0n) is 7.29. The Morgan fingerprint density at radius 1 is 1.50 bits per heavy atom. The summed E-state index contributed by atoms with van der Waals surface area (Å²) in [6.07, 6.45) is 0.600. The lowest BCUT2D eigenvalue weighted by molar-refractivity contribution is -0.117. The molecule has 0 spiro atoms. The predicted molar refractivity (Wildman–Crippen MR) is 61.7 cm³/mol. The molecule has 0 saturated carbocycles. The summed E-state index contributed by atoms with van der Waals surface area (Å²) in [6, 6.07) is 5.29. The van der Waals surface area contributed by atoms with Crippen molar-refractivity contribution in [3.8, 4) is 0 Å². The molecule has 0 radical (unpaired) electrons. The first-order valence-corrected chi connectivity index (χ1v) is 4.81. The molecule has 5 heteroatoms. The van der Waals surface area contributed by atoms with Crippen LogP contribution in [0, 0.1) is 0 Å². The normalized spacial score (nSPS) is 19.3. The minimum atomic E-state index is -0.425. The van der Waals surface area contributed by atoms with Crippen molar-refractivity contribution in [2.24, 2.45) is 5.73 Å². The van der Waals surface area contributed by atoms with Gasteiger partial charge in [0, 0.05) is 10.2 Å². The number of rotatable bonds is 0. The van der Waals surface area contributed by atoms with Crippen molar-refractivity contribution in [1.29, 1.82) is 0 Å². The van der Waals surface area contributed by atoms with Crippen molar-refractivity contribution >= 4 is 39.9 Å². The zero-order chi connectivity index (χ0) is 9.42. The number of hydrogen-bond donors (Lipinski definition) is 2. The second-order valence-electron chi connectivity index (χ2n) is 3.07. The average molecular weight is 278 g/mol. The molecule has 2 rings (SSSR count). The molecule has 0 aliphatic carbocycles. The van der Waals surface area contributed by atoms with Gasteiger partial charge in [0.15, 0.2) is 0 Å². The van der Waals surface area contributed by atoms with Gasteiger partial charge in [0.05, 0.1) is 6.04 Å². The smallest absolute Gasteiger partial charge is 0.241 e. The summed E-state index contributed by atoms with van der Waals surface area (Å²) in [5.74, 6) is -0.106. The van der Waals surface area contributed by atoms with Gasteiger partial charge < -0.3 is 11.1 Å². The third kappa shape index (κ3) is 1.92. The molecule has 1 aromatic carbocycles. The summed E-state index contributed by atoms with van der Waals surface area (Å²) < 4.78 is 1.00. The van der Waals surface area contributed by atoms with E-state index in [1.165, 1.54) is 0 Å². The van der Waals surface area contributed by atoms with Gasteiger partial charge in [-0.2, -0.15) is 0 Å². The molecule has 1 atom stereocenters. The van der Waals surface area contributed by atoms with Gasteiger partial charge in [-0.1, -0.05) is 22.0 Å². The van der Waals surface area contributed by atoms with Crippen LogP contribution in [0.1, 0.15) is 5.56 Å². The van der Waals surface area contributed by atoms with Crippen LogP contribution in [-0.2, 0) is 11.2 Å². The van der Waals surface area contributed by atoms with Crippen molar-refractivity contribution < 1.29 is 4.79 Å². The number of carbonyl (C=O) groups is 1. The van der Waals surface area contributed by atoms with E-state index >= 15 is 0 Å². The molecule has 14 heavy (non-hydrogen) atoms. The van der Waals surface area contributed by atoms with Crippen molar-refractivity contribution in [2.75, 3.05) is 5.32 Å². The summed E-state index contributed by atoms with van der Waals surface area (Å²) in [5, 5.41) is 2.76. The monoisotopic (exact) mass is 276 g/mol. The maximum Gasteiger partial charge on any atom is 0.241 e. The van der Waals surface area contributed by atoms with Gasteiger partial charge in [-0.3, -0.25) is 4.79 Å². The molecule has 76 valence electrons. The van der Waals surface area contributed by atoms with E-state index in [2.05, 4.69) is 21.2 Å². The molecule has 3 nitrogen and oxygen atoms in total. The number of nitrogens with two attached hydrogens (primary N) is 1. The van der Waals surface area contributed by atoms with Crippen LogP contribution in [0.2, 0.25) is 0 Å². The van der Waals surface area contributed by atoms with Gasteiger partial charge in [0.1, 0.15) is 0 Å². The number of amides is 1. The van der Waals surface area contributed by atoms with Crippen LogP contribution in [-0.4, -0.2) is 11.9 Å². The highest BCUT2D eigenvalue weighted by atomic mass is 79.9. The Labute approximate surface area is 96.6 Å². The second-order valence-corrected chi connectivity index (χ2v) is 3.92. The Hall–Kier alpha value is -0.580. The number of nitrogens with one attached hydrogen (secondary N) is 1. The van der Waals surface area contributed by atoms with Gasteiger partial charge in [0.2, 0.25) is 5.91 Å². The first kappa shape index (κ1) is 11.5.